The number of hydrogen-bond acceptors (Lipinski definition) is 4. The number of anilines is 1. The van der Waals surface area contributed by atoms with Gasteiger partial charge in [-0.25, -0.2) is 9.18 Å². The zero-order chi connectivity index (χ0) is 20.5. The quantitative estimate of drug-likeness (QED) is 0.573. The number of nitrogens with one attached hydrogen (secondary N) is 2. The number of para-hydroxylation sites is 1. The highest BCUT2D eigenvalue weighted by atomic mass is 19.1. The molecule has 0 saturated heterocycles. The Balaban J connectivity index is 1.80. The molecule has 28 heavy (non-hydrogen) atoms. The van der Waals surface area contributed by atoms with Gasteiger partial charge in [0.2, 0.25) is 5.91 Å². The highest BCUT2D eigenvalue weighted by Gasteiger charge is 2.13. The van der Waals surface area contributed by atoms with Gasteiger partial charge in [0.25, 0.3) is 5.91 Å². The highest BCUT2D eigenvalue weighted by molar-refractivity contribution is 5.97. The molecule has 7 nitrogen and oxygen atoms in total. The number of carboxylic acid groups (broad SMARTS) is 1. The lowest BCUT2D eigenvalue weighted by Crippen LogP contribution is -2.26. The number of hydrogen-bond donors (Lipinski definition) is 3. The van der Waals surface area contributed by atoms with Crippen LogP contribution in [-0.4, -0.2) is 36.0 Å². The Morgan fingerprint density at radius 1 is 1.14 bits per heavy atom. The highest BCUT2D eigenvalue weighted by Crippen LogP contribution is 2.18. The van der Waals surface area contributed by atoms with Gasteiger partial charge in [-0.05, 0) is 43.7 Å². The molecule has 148 valence electrons. The van der Waals surface area contributed by atoms with Gasteiger partial charge in [0.05, 0.1) is 23.4 Å². The first-order chi connectivity index (χ1) is 13.4. The SMILES string of the molecule is CCOc1ccccc1C(=O)NCCCC(=O)Nc1ccc(C(=O)O)cc1F. The van der Waals surface area contributed by atoms with Crippen molar-refractivity contribution in [1.29, 1.82) is 0 Å². The van der Waals surface area contributed by atoms with E-state index in [1.54, 1.807) is 24.3 Å². The minimum Gasteiger partial charge on any atom is -0.493 e. The molecule has 0 spiro atoms. The largest absolute Gasteiger partial charge is 0.493 e. The molecule has 0 radical (unpaired) electrons. The van der Waals surface area contributed by atoms with Crippen LogP contribution in [0.1, 0.15) is 40.5 Å². The third-order valence-corrected chi connectivity index (χ3v) is 3.79. The Labute approximate surface area is 161 Å². The van der Waals surface area contributed by atoms with E-state index in [4.69, 9.17) is 9.84 Å². The van der Waals surface area contributed by atoms with Crippen LogP contribution < -0.4 is 15.4 Å². The zero-order valence-corrected chi connectivity index (χ0v) is 15.3. The number of halogens is 1. The number of rotatable bonds is 9. The molecule has 8 heteroatoms. The number of benzene rings is 2. The molecule has 3 N–H and O–H groups in total. The first kappa shape index (κ1) is 20.9. The van der Waals surface area contributed by atoms with Crippen LogP contribution in [0.4, 0.5) is 10.1 Å². The van der Waals surface area contributed by atoms with Crippen molar-refractivity contribution in [1.82, 2.24) is 5.32 Å². The second-order valence-corrected chi connectivity index (χ2v) is 5.84. The van der Waals surface area contributed by atoms with Crippen molar-refractivity contribution < 1.29 is 28.6 Å². The summed E-state index contributed by atoms with van der Waals surface area (Å²) in [4.78, 5) is 34.9. The molecule has 2 amide bonds. The monoisotopic (exact) mass is 388 g/mol. The molecule has 0 bridgehead atoms. The smallest absolute Gasteiger partial charge is 0.335 e. The van der Waals surface area contributed by atoms with E-state index in [2.05, 4.69) is 10.6 Å². The Morgan fingerprint density at radius 2 is 1.89 bits per heavy atom. The maximum atomic E-state index is 13.8. The second kappa shape index (κ2) is 10.1. The summed E-state index contributed by atoms with van der Waals surface area (Å²) in [5.74, 6) is -2.33. The number of carbonyl (C=O) groups excluding carboxylic acids is 2. The predicted octanol–water partition coefficient (Wildman–Crippen LogP) is 3.07. The van der Waals surface area contributed by atoms with Crippen molar-refractivity contribution in [2.75, 3.05) is 18.5 Å². The summed E-state index contributed by atoms with van der Waals surface area (Å²) in [6.07, 6.45) is 0.413. The summed E-state index contributed by atoms with van der Waals surface area (Å²) in [5, 5.41) is 13.9. The minimum atomic E-state index is -1.25. The van der Waals surface area contributed by atoms with Crippen molar-refractivity contribution in [2.45, 2.75) is 19.8 Å². The first-order valence-corrected chi connectivity index (χ1v) is 8.75. The fourth-order valence-corrected chi connectivity index (χ4v) is 2.44. The van der Waals surface area contributed by atoms with Gasteiger partial charge in [-0.1, -0.05) is 12.1 Å². The molecule has 0 fully saturated rings. The number of carboxylic acids is 1. The molecular weight excluding hydrogens is 367 g/mol. The number of carbonyl (C=O) groups is 3. The van der Waals surface area contributed by atoms with Gasteiger partial charge in [0.1, 0.15) is 11.6 Å². The van der Waals surface area contributed by atoms with E-state index in [1.165, 1.54) is 12.1 Å². The van der Waals surface area contributed by atoms with Crippen LogP contribution in [-0.2, 0) is 4.79 Å². The fourth-order valence-electron chi connectivity index (χ4n) is 2.44. The molecule has 0 saturated carbocycles. The standard InChI is InChI=1S/C20H21FN2O5/c1-2-28-17-7-4-3-6-14(17)19(25)22-11-5-8-18(24)23-16-10-9-13(20(26)27)12-15(16)21/h3-4,6-7,9-10,12H,2,5,8,11H2,1H3,(H,22,25)(H,23,24)(H,26,27). The molecule has 0 aliphatic heterocycles. The van der Waals surface area contributed by atoms with Crippen molar-refractivity contribution in [3.8, 4) is 5.75 Å². The molecule has 0 aromatic heterocycles. The van der Waals surface area contributed by atoms with Crippen LogP contribution in [0.25, 0.3) is 0 Å². The lowest BCUT2D eigenvalue weighted by molar-refractivity contribution is -0.116. The Kier molecular flexibility index (Phi) is 7.50. The number of amides is 2. The third-order valence-electron chi connectivity index (χ3n) is 3.79. The molecule has 0 unspecified atom stereocenters. The topological polar surface area (TPSA) is 105 Å². The zero-order valence-electron chi connectivity index (χ0n) is 15.3. The molecule has 0 heterocycles. The van der Waals surface area contributed by atoms with Crippen LogP contribution in [0, 0.1) is 5.82 Å². The lowest BCUT2D eigenvalue weighted by atomic mass is 10.2. The van der Waals surface area contributed by atoms with Crippen molar-refractivity contribution in [3.05, 3.63) is 59.4 Å². The van der Waals surface area contributed by atoms with Gasteiger partial charge < -0.3 is 20.5 Å². The van der Waals surface area contributed by atoms with Crippen LogP contribution in [0.15, 0.2) is 42.5 Å². The van der Waals surface area contributed by atoms with Crippen LogP contribution in [0.2, 0.25) is 0 Å². The predicted molar refractivity (Wildman–Crippen MR) is 101 cm³/mol. The Bertz CT molecular complexity index is 869. The molecule has 0 aliphatic carbocycles. The van der Waals surface area contributed by atoms with Crippen molar-refractivity contribution >= 4 is 23.5 Å². The van der Waals surface area contributed by atoms with E-state index in [-0.39, 0.29) is 30.1 Å². The van der Waals surface area contributed by atoms with E-state index < -0.39 is 17.7 Å². The minimum absolute atomic E-state index is 0.0630. The van der Waals surface area contributed by atoms with E-state index in [1.807, 2.05) is 6.92 Å². The number of aromatic carboxylic acids is 1. The van der Waals surface area contributed by atoms with Gasteiger partial charge in [-0.2, -0.15) is 0 Å². The van der Waals surface area contributed by atoms with Crippen molar-refractivity contribution in [2.24, 2.45) is 0 Å². The maximum absolute atomic E-state index is 13.8. The average molecular weight is 388 g/mol. The molecule has 2 aromatic rings. The fraction of sp³-hybridized carbons (Fsp3) is 0.250. The Hall–Kier alpha value is -3.42. The normalized spacial score (nSPS) is 10.2. The van der Waals surface area contributed by atoms with E-state index in [9.17, 15) is 18.8 Å². The summed E-state index contributed by atoms with van der Waals surface area (Å²) < 4.78 is 19.2. The number of ether oxygens (including phenoxy) is 1. The van der Waals surface area contributed by atoms with E-state index in [0.29, 0.717) is 24.3 Å². The lowest BCUT2D eigenvalue weighted by Gasteiger charge is -2.10. The van der Waals surface area contributed by atoms with E-state index >= 15 is 0 Å². The van der Waals surface area contributed by atoms with Gasteiger partial charge in [-0.3, -0.25) is 9.59 Å². The Morgan fingerprint density at radius 3 is 2.57 bits per heavy atom. The second-order valence-electron chi connectivity index (χ2n) is 5.84. The average Bonchev–Trinajstić information content (AvgIpc) is 2.67. The van der Waals surface area contributed by atoms with Crippen LogP contribution in [0.3, 0.4) is 0 Å². The molecule has 0 atom stereocenters. The van der Waals surface area contributed by atoms with Gasteiger partial charge >= 0.3 is 5.97 Å². The van der Waals surface area contributed by atoms with Gasteiger partial charge in [0, 0.05) is 13.0 Å². The first-order valence-electron chi connectivity index (χ1n) is 8.75. The van der Waals surface area contributed by atoms with Gasteiger partial charge in [-0.15, -0.1) is 0 Å². The molecular formula is C20H21FN2O5. The summed E-state index contributed by atoms with van der Waals surface area (Å²) in [6.45, 7) is 2.52. The van der Waals surface area contributed by atoms with Gasteiger partial charge in [0.15, 0.2) is 0 Å². The summed E-state index contributed by atoms with van der Waals surface area (Å²) in [5.41, 5.74) is 0.115. The molecule has 2 aromatic carbocycles. The maximum Gasteiger partial charge on any atom is 0.335 e. The summed E-state index contributed by atoms with van der Waals surface area (Å²) >= 11 is 0. The van der Waals surface area contributed by atoms with E-state index in [0.717, 1.165) is 6.07 Å². The van der Waals surface area contributed by atoms with Crippen LogP contribution in [0.5, 0.6) is 5.75 Å². The molecule has 0 aliphatic rings. The van der Waals surface area contributed by atoms with Crippen LogP contribution >= 0.6 is 0 Å². The third kappa shape index (κ3) is 5.80. The van der Waals surface area contributed by atoms with Crippen molar-refractivity contribution in [3.63, 3.8) is 0 Å². The summed E-state index contributed by atoms with van der Waals surface area (Å²) in [7, 11) is 0. The molecule has 2 rings (SSSR count). The summed E-state index contributed by atoms with van der Waals surface area (Å²) in [6, 6.07) is 10.1.